The number of nitrogens with one attached hydrogen (secondary N) is 4. The lowest BCUT2D eigenvalue weighted by Crippen LogP contribution is -2.32. The number of allylic oxidation sites excluding steroid dienone is 8. The monoisotopic (exact) mass is 1980 g/mol. The van der Waals surface area contributed by atoms with Crippen LogP contribution in [0.4, 0.5) is 8.78 Å². The summed E-state index contributed by atoms with van der Waals surface area (Å²) in [6, 6.07) is 49.5. The van der Waals surface area contributed by atoms with Gasteiger partial charge in [-0.3, -0.25) is 29.1 Å². The van der Waals surface area contributed by atoms with Crippen LogP contribution < -0.4 is 90.5 Å². The zero-order chi connectivity index (χ0) is 105. The molecule has 146 heavy (non-hydrogen) atoms. The number of pyridine rings is 2. The Labute approximate surface area is 846 Å². The van der Waals surface area contributed by atoms with Crippen molar-refractivity contribution in [2.24, 2.45) is 14.1 Å². The van der Waals surface area contributed by atoms with Crippen molar-refractivity contribution in [3.63, 3.8) is 0 Å². The van der Waals surface area contributed by atoms with Gasteiger partial charge in [-0.1, -0.05) is 36.4 Å². The van der Waals surface area contributed by atoms with Crippen LogP contribution in [0.15, 0.2) is 229 Å². The van der Waals surface area contributed by atoms with E-state index in [1.165, 1.54) is 81.1 Å². The minimum atomic E-state index is -1.77. The molecule has 12 N–H and O–H groups in total. The predicted molar refractivity (Wildman–Crippen MR) is 563 cm³/mol. The minimum absolute atomic E-state index is 0.0739. The third-order valence-electron chi connectivity index (χ3n) is 25.7. The van der Waals surface area contributed by atoms with Gasteiger partial charge in [0.2, 0.25) is 23.6 Å². The Morgan fingerprint density at radius 1 is 0.315 bits per heavy atom. The van der Waals surface area contributed by atoms with Gasteiger partial charge in [-0.05, 0) is 330 Å². The summed E-state index contributed by atoms with van der Waals surface area (Å²) in [5.74, 6) is 2.35. The third kappa shape index (κ3) is 25.0. The van der Waals surface area contributed by atoms with Crippen molar-refractivity contribution < 1.29 is 116 Å². The van der Waals surface area contributed by atoms with Gasteiger partial charge in [-0.25, -0.2) is 8.78 Å². The predicted octanol–water partition coefficient (Wildman–Crippen LogP) is 11.4. The molecular weight excluding hydrogens is 1870 g/mol. The number of hydrogen-bond donors (Lipinski definition) is 12. The first-order chi connectivity index (χ1) is 70.2. The van der Waals surface area contributed by atoms with Gasteiger partial charge in [-0.15, -0.1) is 0 Å². The summed E-state index contributed by atoms with van der Waals surface area (Å²) in [7, 11) is 11.6. The Morgan fingerprint density at radius 2 is 0.562 bits per heavy atom. The molecule has 4 heterocycles. The molecule has 12 aromatic rings. The highest BCUT2D eigenvalue weighted by Gasteiger charge is 2.35. The smallest absolute Gasteiger partial charge is 0.496 e. The lowest BCUT2D eigenvalue weighted by molar-refractivity contribution is -0.121. The molecule has 0 atom stereocenters. The van der Waals surface area contributed by atoms with E-state index in [-0.39, 0.29) is 106 Å². The molecular formula is C110H114B4F2N8O22. The maximum atomic E-state index is 14.2. The summed E-state index contributed by atoms with van der Waals surface area (Å²) in [4.78, 5) is 59.6. The fourth-order valence-electron chi connectivity index (χ4n) is 18.1. The molecule has 0 spiro atoms. The molecule has 0 radical (unpaired) electrons. The Bertz CT molecular complexity index is 7070. The molecule has 8 aromatic carbocycles. The molecule has 36 heteroatoms. The molecule has 0 bridgehead atoms. The van der Waals surface area contributed by atoms with Crippen LogP contribution >= 0.6 is 0 Å². The highest BCUT2D eigenvalue weighted by Crippen LogP contribution is 2.50. The highest BCUT2D eigenvalue weighted by molar-refractivity contribution is 6.62. The summed E-state index contributed by atoms with van der Waals surface area (Å²) in [6.07, 6.45) is 19.0. The number of carbonyl (C=O) groups is 4. The number of carbonyl (C=O) groups excluding carboxylic acids is 4. The number of halogens is 2. The third-order valence-corrected chi connectivity index (χ3v) is 25.7. The molecule has 0 aliphatic heterocycles. The van der Waals surface area contributed by atoms with Gasteiger partial charge in [-0.2, -0.15) is 0 Å². The van der Waals surface area contributed by atoms with E-state index in [0.29, 0.717) is 82.9 Å². The van der Waals surface area contributed by atoms with E-state index in [1.807, 2.05) is 166 Å². The van der Waals surface area contributed by atoms with Crippen molar-refractivity contribution in [2.75, 3.05) is 71.1 Å². The van der Waals surface area contributed by atoms with Crippen LogP contribution in [0.5, 0.6) is 57.5 Å². The summed E-state index contributed by atoms with van der Waals surface area (Å²) in [5, 5.41) is 90.1. The largest absolute Gasteiger partial charge is 0.497 e. The molecule has 16 rings (SSSR count). The van der Waals surface area contributed by atoms with Gasteiger partial charge < -0.3 is 118 Å². The fourth-order valence-corrected chi connectivity index (χ4v) is 18.1. The maximum Gasteiger partial charge on any atom is 0.496 e. The molecule has 0 saturated heterocycles. The number of benzene rings is 8. The number of nitrogens with zero attached hydrogens (tertiary/aromatic N) is 4. The first-order valence-electron chi connectivity index (χ1n) is 46.4. The molecule has 0 unspecified atom stereocenters. The van der Waals surface area contributed by atoms with E-state index in [0.717, 1.165) is 134 Å². The summed E-state index contributed by atoms with van der Waals surface area (Å²) in [5.41, 5.74) is 24.5. The van der Waals surface area contributed by atoms with E-state index in [1.54, 1.807) is 106 Å². The molecule has 4 aliphatic carbocycles. The number of hydrogen-bond acceptors (Lipinski definition) is 24. The van der Waals surface area contributed by atoms with Crippen molar-refractivity contribution >= 4 is 143 Å². The summed E-state index contributed by atoms with van der Waals surface area (Å²) >= 11 is 0. The highest BCUT2D eigenvalue weighted by atomic mass is 19.1. The first-order valence-corrected chi connectivity index (χ1v) is 46.4. The van der Waals surface area contributed by atoms with Crippen molar-refractivity contribution in [1.29, 1.82) is 0 Å². The lowest BCUT2D eigenvalue weighted by atomic mass is 9.78. The zero-order valence-corrected chi connectivity index (χ0v) is 83.7. The van der Waals surface area contributed by atoms with Crippen LogP contribution in [0, 0.1) is 11.6 Å². The van der Waals surface area contributed by atoms with Crippen molar-refractivity contribution in [2.45, 2.75) is 79.6 Å². The van der Waals surface area contributed by atoms with E-state index < -0.39 is 28.5 Å². The Kier molecular flexibility index (Phi) is 36.1. The summed E-state index contributed by atoms with van der Waals surface area (Å²) < 4.78 is 86.3. The van der Waals surface area contributed by atoms with E-state index in [2.05, 4.69) is 31.2 Å². The molecule has 752 valence electrons. The van der Waals surface area contributed by atoms with Crippen LogP contribution in [0.1, 0.15) is 143 Å². The van der Waals surface area contributed by atoms with Gasteiger partial charge in [0.1, 0.15) is 69.1 Å². The van der Waals surface area contributed by atoms with Crippen LogP contribution in [0.25, 0.3) is 68.9 Å². The van der Waals surface area contributed by atoms with Gasteiger partial charge in [0.25, 0.3) is 0 Å². The van der Waals surface area contributed by atoms with E-state index in [4.69, 9.17) is 47.4 Å². The Hall–Kier alpha value is -15.8. The first kappa shape index (κ1) is 108. The normalized spacial score (nSPS) is 13.5. The quantitative estimate of drug-likeness (QED) is 0.0167. The number of aromatic nitrogens is 4. The van der Waals surface area contributed by atoms with Crippen LogP contribution in [0.3, 0.4) is 0 Å². The zero-order valence-electron chi connectivity index (χ0n) is 83.7. The summed E-state index contributed by atoms with van der Waals surface area (Å²) in [6.45, 7) is 9.38. The van der Waals surface area contributed by atoms with Crippen molar-refractivity contribution in [3.05, 3.63) is 330 Å². The fraction of sp³-hybridized carbons (Fsp3) is 0.218. The number of ether oxygens (including phenoxy) is 10. The van der Waals surface area contributed by atoms with E-state index >= 15 is 0 Å². The second kappa shape index (κ2) is 49.0. The molecule has 30 nitrogen and oxygen atoms in total. The minimum Gasteiger partial charge on any atom is -0.497 e. The topological polar surface area (TPSA) is 406 Å². The molecule has 4 aromatic heterocycles. The lowest BCUT2D eigenvalue weighted by Gasteiger charge is -2.14. The van der Waals surface area contributed by atoms with Gasteiger partial charge >= 0.3 is 28.5 Å². The molecule has 0 saturated carbocycles. The average molecular weight is 1980 g/mol. The number of aryl methyl sites for hydroxylation is 2. The molecule has 4 amide bonds. The van der Waals surface area contributed by atoms with Gasteiger partial charge in [0.15, 0.2) is 0 Å². The SMILES string of the molecule is COc1cc(/C=C2/C(C)=C(CC(=O)NCc3cccn3C)c3cc(F)ccc32)cc(OC)c1B(O)O.COc1cc(/C=C2/C(C)=C(CC(=O)NCc3cccnc3)c3cc(F)ccc32)cc(OC)c1B(O)O.COc1ccc2c(c1)C(CC(=O)NCc1cccn1C)=C(C)/C2=C/c1cc(OC)c(B(O)O)c(OC)c1.COc1ccc2c(c1)C(CC(=O)NCc1cccnc1)=C(C)/C2=C/c1cc(OC)c(B(O)O)c(OC)c1. The standard InChI is InChI=1S/C28H31BN2O6.C28H29BN2O6.C27H28BFN2O5.C27H26BFN2O5/c1-17-22(11-18-12-25(36-4)28(29(33)34)26(13-18)37-5)21-9-8-20(35-3)14-24(21)23(17)15-27(32)30-16-19-7-6-10-31(19)2;1-17-22(10-19-11-25(36-3)28(29(33)34)26(12-19)37-4)21-8-7-20(35-2)13-24(21)23(17)14-27(32)31-16-18-6-5-9-30-15-18;1-16-21(10-17-11-24(35-3)27(28(33)34)25(12-17)36-4)20-8-7-18(29)13-23(20)22(16)14-26(32)30-15-19-6-5-9-31(19)2;1-16-21(9-18-10-24(35-2)27(28(33)34)25(11-18)36-3)20-7-6-19(29)12-23(20)22(16)13-26(32)31-15-17-5-4-8-30-14-17/h6-14,33-34H,15-16H2,1-5H3,(H,30,32);5-13,15,33-34H,14,16H2,1-4H3,(H,31,32);5-13,33-34H,14-15H2,1-4H3,(H,30,32);4-12,14,33-34H,13,15H2,1-3H3,(H,31,32)/b22-11-;22-10-;21-10-;21-9-. The van der Waals surface area contributed by atoms with Crippen LogP contribution in [-0.2, 0) is 59.5 Å². The number of amides is 4. The number of fused-ring (bicyclic) bond motifs is 4. The Morgan fingerprint density at radius 3 is 0.781 bits per heavy atom. The number of methoxy groups -OCH3 is 10. The molecule has 0 fully saturated rings. The van der Waals surface area contributed by atoms with Crippen LogP contribution in [-0.4, -0.2) is 182 Å². The van der Waals surface area contributed by atoms with Crippen LogP contribution in [0.2, 0.25) is 0 Å². The van der Waals surface area contributed by atoms with E-state index in [9.17, 15) is 68.2 Å². The van der Waals surface area contributed by atoms with Gasteiger partial charge in [0.05, 0.1) is 132 Å². The second-order valence-electron chi connectivity index (χ2n) is 34.5. The number of rotatable bonds is 34. The molecule has 4 aliphatic rings. The average Bonchev–Trinajstić information content (AvgIpc) is 1.62. The Balaban J connectivity index is 0.000000163. The van der Waals surface area contributed by atoms with Crippen molar-refractivity contribution in [3.8, 4) is 57.5 Å². The van der Waals surface area contributed by atoms with Crippen molar-refractivity contribution in [1.82, 2.24) is 40.4 Å². The van der Waals surface area contributed by atoms with Gasteiger partial charge in [0, 0.05) is 75.8 Å². The maximum absolute atomic E-state index is 14.2. The second-order valence-corrected chi connectivity index (χ2v) is 34.5.